The number of imidazole rings is 1. The minimum atomic E-state index is -3.66. The minimum Gasteiger partial charge on any atom is -0.337 e. The average Bonchev–Trinajstić information content (AvgIpc) is 3.07. The highest BCUT2D eigenvalue weighted by Crippen LogP contribution is 2.33. The van der Waals surface area contributed by atoms with Gasteiger partial charge in [-0.15, -0.1) is 0 Å². The van der Waals surface area contributed by atoms with Crippen molar-refractivity contribution >= 4 is 15.9 Å². The summed E-state index contributed by atoms with van der Waals surface area (Å²) in [6, 6.07) is 4.59. The van der Waals surface area contributed by atoms with Crippen LogP contribution in [0.3, 0.4) is 0 Å². The van der Waals surface area contributed by atoms with Gasteiger partial charge in [0.15, 0.2) is 5.03 Å². The highest BCUT2D eigenvalue weighted by molar-refractivity contribution is 7.89. The maximum Gasteiger partial charge on any atom is 0.262 e. The van der Waals surface area contributed by atoms with Crippen LogP contribution in [0.5, 0.6) is 0 Å². The lowest BCUT2D eigenvalue weighted by molar-refractivity contribution is -0.139. The van der Waals surface area contributed by atoms with Crippen LogP contribution in [0.1, 0.15) is 42.8 Å². The summed E-state index contributed by atoms with van der Waals surface area (Å²) in [5.74, 6) is 0.148. The van der Waals surface area contributed by atoms with E-state index < -0.39 is 10.0 Å². The van der Waals surface area contributed by atoms with E-state index in [1.165, 1.54) is 22.6 Å². The van der Waals surface area contributed by atoms with Gasteiger partial charge < -0.3 is 9.47 Å². The van der Waals surface area contributed by atoms with E-state index >= 15 is 0 Å². The number of benzene rings is 1. The molecule has 3 heterocycles. The van der Waals surface area contributed by atoms with Gasteiger partial charge in [0, 0.05) is 38.8 Å². The third-order valence-corrected chi connectivity index (χ3v) is 8.19. The van der Waals surface area contributed by atoms with Gasteiger partial charge >= 0.3 is 0 Å². The Hall–Kier alpha value is -2.26. The zero-order valence-electron chi connectivity index (χ0n) is 17.5. The third kappa shape index (κ3) is 3.65. The van der Waals surface area contributed by atoms with Crippen LogP contribution in [0, 0.1) is 18.7 Å². The van der Waals surface area contributed by atoms with Crippen molar-refractivity contribution in [2.24, 2.45) is 13.0 Å². The molecule has 30 heavy (non-hydrogen) atoms. The Kier molecular flexibility index (Phi) is 5.44. The van der Waals surface area contributed by atoms with Gasteiger partial charge in [0.1, 0.15) is 11.6 Å². The number of aryl methyl sites for hydroxylation is 2. The maximum atomic E-state index is 13.7. The number of nitrogens with zero attached hydrogens (tertiary/aromatic N) is 4. The molecular weight excluding hydrogens is 407 g/mol. The predicted octanol–water partition coefficient (Wildman–Crippen LogP) is 2.41. The summed E-state index contributed by atoms with van der Waals surface area (Å²) >= 11 is 0. The van der Waals surface area contributed by atoms with E-state index in [-0.39, 0.29) is 28.7 Å². The van der Waals surface area contributed by atoms with Crippen molar-refractivity contribution in [2.45, 2.75) is 44.2 Å². The summed E-state index contributed by atoms with van der Waals surface area (Å²) in [7, 11) is -1.90. The van der Waals surface area contributed by atoms with Crippen LogP contribution < -0.4 is 0 Å². The van der Waals surface area contributed by atoms with Crippen LogP contribution in [-0.4, -0.2) is 52.7 Å². The van der Waals surface area contributed by atoms with Crippen LogP contribution in [-0.2, 0) is 28.3 Å². The van der Waals surface area contributed by atoms with Gasteiger partial charge in [-0.1, -0.05) is 6.07 Å². The van der Waals surface area contributed by atoms with Crippen LogP contribution in [0.25, 0.3) is 0 Å². The number of hydrogen-bond donors (Lipinski definition) is 0. The van der Waals surface area contributed by atoms with Crippen molar-refractivity contribution in [3.63, 3.8) is 0 Å². The lowest BCUT2D eigenvalue weighted by atomic mass is 9.90. The molecule has 0 bridgehead atoms. The minimum absolute atomic E-state index is 0.0307. The molecule has 2 aliphatic heterocycles. The Bertz CT molecular complexity index is 1050. The predicted molar refractivity (Wildman–Crippen MR) is 110 cm³/mol. The number of rotatable bonds is 3. The van der Waals surface area contributed by atoms with E-state index in [0.29, 0.717) is 44.7 Å². The first kappa shape index (κ1) is 21.0. The summed E-state index contributed by atoms with van der Waals surface area (Å²) in [6.07, 6.45) is 3.18. The van der Waals surface area contributed by atoms with E-state index in [1.54, 1.807) is 24.6 Å². The summed E-state index contributed by atoms with van der Waals surface area (Å²) < 4.78 is 42.5. The number of piperidine rings is 1. The lowest BCUT2D eigenvalue weighted by Crippen LogP contribution is -2.46. The summed E-state index contributed by atoms with van der Waals surface area (Å²) in [5, 5.41) is 0.0514. The lowest BCUT2D eigenvalue weighted by Gasteiger charge is -2.39. The molecule has 1 amide bonds. The molecule has 1 unspecified atom stereocenters. The number of halogens is 1. The van der Waals surface area contributed by atoms with E-state index in [9.17, 15) is 17.6 Å². The highest BCUT2D eigenvalue weighted by atomic mass is 32.2. The summed E-state index contributed by atoms with van der Waals surface area (Å²) in [6.45, 7) is 4.88. The largest absolute Gasteiger partial charge is 0.337 e. The number of aromatic nitrogens is 2. The second-order valence-corrected chi connectivity index (χ2v) is 10.1. The van der Waals surface area contributed by atoms with Crippen LogP contribution >= 0.6 is 0 Å². The number of carbonyl (C=O) groups excluding carboxylic acids is 1. The zero-order chi connectivity index (χ0) is 21.6. The standard InChI is InChI=1S/C21H27FN4O3S/c1-14-19-12-18(22)5-4-16(19)8-11-26(14)21(27)17-6-9-25(10-7-17)30(28,29)20-13-24(3)15(2)23-20/h4-5,12-14,17H,6-11H2,1-3H3. The topological polar surface area (TPSA) is 75.5 Å². The quantitative estimate of drug-likeness (QED) is 0.744. The van der Waals surface area contributed by atoms with Gasteiger partial charge in [0.25, 0.3) is 10.0 Å². The van der Waals surface area contributed by atoms with Crippen LogP contribution in [0.15, 0.2) is 29.4 Å². The van der Waals surface area contributed by atoms with E-state index in [1.807, 2.05) is 11.8 Å². The first-order chi connectivity index (χ1) is 14.2. The summed E-state index contributed by atoms with van der Waals surface area (Å²) in [4.78, 5) is 19.1. The molecular formula is C21H27FN4O3S. The molecule has 0 aliphatic carbocycles. The van der Waals surface area contributed by atoms with Crippen molar-refractivity contribution in [1.29, 1.82) is 0 Å². The molecule has 1 atom stereocenters. The molecule has 1 saturated heterocycles. The molecule has 7 nitrogen and oxygen atoms in total. The molecule has 0 spiro atoms. The van der Waals surface area contributed by atoms with Crippen molar-refractivity contribution < 1.29 is 17.6 Å². The fraction of sp³-hybridized carbons (Fsp3) is 0.524. The number of carbonyl (C=O) groups is 1. The first-order valence-corrected chi connectivity index (χ1v) is 11.7. The Morgan fingerprint density at radius 3 is 2.53 bits per heavy atom. The van der Waals surface area contributed by atoms with Gasteiger partial charge in [-0.3, -0.25) is 4.79 Å². The number of hydrogen-bond acceptors (Lipinski definition) is 4. The molecule has 1 aromatic heterocycles. The first-order valence-electron chi connectivity index (χ1n) is 10.3. The SMILES string of the molecule is Cc1nc(S(=O)(=O)N2CCC(C(=O)N3CCc4ccc(F)cc4C3C)CC2)cn1C. The molecule has 2 aromatic rings. The molecule has 4 rings (SSSR count). The van der Waals surface area contributed by atoms with Crippen molar-refractivity contribution in [3.05, 3.63) is 47.2 Å². The molecule has 0 saturated carbocycles. The van der Waals surface area contributed by atoms with E-state index in [2.05, 4.69) is 4.98 Å². The second-order valence-electron chi connectivity index (χ2n) is 8.22. The van der Waals surface area contributed by atoms with Crippen LogP contribution in [0.4, 0.5) is 4.39 Å². The van der Waals surface area contributed by atoms with Gasteiger partial charge in [0.2, 0.25) is 5.91 Å². The zero-order valence-corrected chi connectivity index (χ0v) is 18.3. The normalized spacial score (nSPS) is 20.9. The Labute approximate surface area is 176 Å². The summed E-state index contributed by atoms with van der Waals surface area (Å²) in [5.41, 5.74) is 1.94. The Morgan fingerprint density at radius 1 is 1.20 bits per heavy atom. The molecule has 162 valence electrons. The number of amides is 1. The second kappa shape index (κ2) is 7.77. The van der Waals surface area contributed by atoms with Gasteiger partial charge in [-0.05, 0) is 56.4 Å². The molecule has 0 radical (unpaired) electrons. The highest BCUT2D eigenvalue weighted by Gasteiger charge is 2.37. The molecule has 9 heteroatoms. The number of fused-ring (bicyclic) bond motifs is 1. The fourth-order valence-electron chi connectivity index (χ4n) is 4.45. The molecule has 2 aliphatic rings. The molecule has 1 aromatic carbocycles. The van der Waals surface area contributed by atoms with Gasteiger partial charge in [-0.25, -0.2) is 17.8 Å². The van der Waals surface area contributed by atoms with E-state index in [4.69, 9.17) is 0 Å². The Balaban J connectivity index is 1.43. The van der Waals surface area contributed by atoms with Crippen LogP contribution in [0.2, 0.25) is 0 Å². The Morgan fingerprint density at radius 2 is 1.90 bits per heavy atom. The maximum absolute atomic E-state index is 13.7. The van der Waals surface area contributed by atoms with Gasteiger partial charge in [0.05, 0.1) is 6.04 Å². The molecule has 1 fully saturated rings. The van der Waals surface area contributed by atoms with Gasteiger partial charge in [-0.2, -0.15) is 4.31 Å². The van der Waals surface area contributed by atoms with Crippen molar-refractivity contribution in [1.82, 2.24) is 18.8 Å². The van der Waals surface area contributed by atoms with E-state index in [0.717, 1.165) is 11.1 Å². The smallest absolute Gasteiger partial charge is 0.262 e. The third-order valence-electron chi connectivity index (χ3n) is 6.42. The monoisotopic (exact) mass is 434 g/mol. The fourth-order valence-corrected chi connectivity index (χ4v) is 5.94. The molecule has 0 N–H and O–H groups in total. The van der Waals surface area contributed by atoms with Crippen molar-refractivity contribution in [2.75, 3.05) is 19.6 Å². The average molecular weight is 435 g/mol. The number of sulfonamides is 1. The van der Waals surface area contributed by atoms with Crippen molar-refractivity contribution in [3.8, 4) is 0 Å².